The van der Waals surface area contributed by atoms with Gasteiger partial charge in [-0.25, -0.2) is 5.21 Å². The van der Waals surface area contributed by atoms with E-state index in [1.54, 1.807) is 6.92 Å². The van der Waals surface area contributed by atoms with E-state index in [-0.39, 0.29) is 6.04 Å². The van der Waals surface area contributed by atoms with Crippen LogP contribution in [0.25, 0.3) is 0 Å². The first kappa shape index (κ1) is 10.5. The van der Waals surface area contributed by atoms with Crippen molar-refractivity contribution in [1.82, 2.24) is 4.31 Å². The topological polar surface area (TPSA) is 46.5 Å². The maximum Gasteiger partial charge on any atom is 0.239 e. The molecule has 2 aliphatic heterocycles. The summed E-state index contributed by atoms with van der Waals surface area (Å²) in [5.41, 5.74) is 1.09. The van der Waals surface area contributed by atoms with Crippen LogP contribution in [0, 0.1) is 5.21 Å². The molecule has 0 aromatic carbocycles. The van der Waals surface area contributed by atoms with Crippen molar-refractivity contribution < 1.29 is 9.42 Å². The zero-order valence-corrected chi connectivity index (χ0v) is 10.1. The Balaban J connectivity index is 2.28. The maximum absolute atomic E-state index is 11.6. The molecule has 2 unspecified atom stereocenters. The van der Waals surface area contributed by atoms with Crippen LogP contribution in [0.15, 0.2) is 22.3 Å². The van der Waals surface area contributed by atoms with Crippen LogP contribution >= 0.6 is 28.1 Å². The normalized spacial score (nSPS) is 37.4. The second-order valence-electron chi connectivity index (χ2n) is 3.46. The van der Waals surface area contributed by atoms with Gasteiger partial charge >= 0.3 is 0 Å². The average molecular weight is 279 g/mol. The summed E-state index contributed by atoms with van der Waals surface area (Å²) in [7, 11) is 0. The Kier molecular flexibility index (Phi) is 2.65. The summed E-state index contributed by atoms with van der Waals surface area (Å²) in [6.07, 6.45) is 4.54. The third kappa shape index (κ3) is 1.72. The second-order valence-corrected chi connectivity index (χ2v) is 5.44. The van der Waals surface area contributed by atoms with Crippen LogP contribution in [-0.4, -0.2) is 26.3 Å². The molecule has 14 heavy (non-hydrogen) atoms. The molecule has 4 nitrogen and oxygen atoms in total. The van der Waals surface area contributed by atoms with E-state index < -0.39 is 4.21 Å². The molecule has 1 fully saturated rings. The van der Waals surface area contributed by atoms with E-state index in [9.17, 15) is 10.4 Å². The molecule has 2 heterocycles. The van der Waals surface area contributed by atoms with Crippen molar-refractivity contribution in [3.8, 4) is 0 Å². The zero-order valence-electron chi connectivity index (χ0n) is 7.68. The fraction of sp³-hybridized carbons (Fsp3) is 0.500. The quantitative estimate of drug-likeness (QED) is 0.420. The highest BCUT2D eigenvalue weighted by Crippen LogP contribution is 2.42. The van der Waals surface area contributed by atoms with Crippen molar-refractivity contribution in [2.75, 3.05) is 6.54 Å². The third-order valence-corrected chi connectivity index (χ3v) is 4.26. The van der Waals surface area contributed by atoms with Crippen LogP contribution in [0.4, 0.5) is 0 Å². The number of rotatable bonds is 0. The van der Waals surface area contributed by atoms with Crippen molar-refractivity contribution >= 4 is 28.1 Å². The van der Waals surface area contributed by atoms with Gasteiger partial charge in [0.1, 0.15) is 6.04 Å². The maximum atomic E-state index is 11.6. The van der Waals surface area contributed by atoms with Gasteiger partial charge in [-0.2, -0.15) is 0 Å². The fourth-order valence-corrected chi connectivity index (χ4v) is 3.10. The molecule has 1 N–H and O–H groups in total. The highest BCUT2D eigenvalue weighted by Gasteiger charge is 2.39. The van der Waals surface area contributed by atoms with Gasteiger partial charge in [-0.1, -0.05) is 6.08 Å². The van der Waals surface area contributed by atoms with Gasteiger partial charge < -0.3 is 5.21 Å². The van der Waals surface area contributed by atoms with Gasteiger partial charge in [0.15, 0.2) is 0 Å². The van der Waals surface area contributed by atoms with Crippen molar-refractivity contribution in [3.63, 3.8) is 0 Å². The summed E-state index contributed by atoms with van der Waals surface area (Å²) in [5, 5.41) is 21.1. The molecule has 0 amide bonds. The smallest absolute Gasteiger partial charge is 0.239 e. The number of fused-ring (bicyclic) bond motifs is 1. The largest absolute Gasteiger partial charge is 0.585 e. The van der Waals surface area contributed by atoms with Gasteiger partial charge in [0.2, 0.25) is 12.1 Å². The second kappa shape index (κ2) is 3.53. The number of quaternary nitrogens is 1. The Labute approximate surface area is 95.4 Å². The fourth-order valence-electron chi connectivity index (χ4n) is 1.48. The van der Waals surface area contributed by atoms with Gasteiger partial charge in [0.05, 0.1) is 6.54 Å². The summed E-state index contributed by atoms with van der Waals surface area (Å²) in [4.78, 5) is 0. The molecule has 0 aliphatic carbocycles. The SMILES string of the molecule is CC1CC2=C(Br)C=CCN2S[N+]1([O-])O. The van der Waals surface area contributed by atoms with E-state index in [2.05, 4.69) is 15.9 Å². The third-order valence-electron chi connectivity index (χ3n) is 2.37. The zero-order chi connectivity index (χ0) is 10.3. The van der Waals surface area contributed by atoms with Crippen LogP contribution in [0.2, 0.25) is 0 Å². The van der Waals surface area contributed by atoms with E-state index in [1.165, 1.54) is 0 Å². The predicted octanol–water partition coefficient (Wildman–Crippen LogP) is 2.52. The van der Waals surface area contributed by atoms with E-state index in [0.29, 0.717) is 13.0 Å². The number of allylic oxidation sites excluding steroid dienone is 2. The molecule has 2 atom stereocenters. The number of hydroxylamine groups is 2. The summed E-state index contributed by atoms with van der Waals surface area (Å²) in [6, 6.07) is -0.328. The first-order valence-electron chi connectivity index (χ1n) is 4.35. The first-order valence-corrected chi connectivity index (χ1v) is 5.88. The molecular formula is C8H11BrN2O2S. The Hall–Kier alpha value is -0.0100. The monoisotopic (exact) mass is 278 g/mol. The van der Waals surface area contributed by atoms with E-state index >= 15 is 0 Å². The van der Waals surface area contributed by atoms with Gasteiger partial charge in [-0.05, 0) is 28.9 Å². The van der Waals surface area contributed by atoms with Crippen LogP contribution < -0.4 is 0 Å². The summed E-state index contributed by atoms with van der Waals surface area (Å²) < 4.78 is 1.59. The highest BCUT2D eigenvalue weighted by atomic mass is 79.9. The summed E-state index contributed by atoms with van der Waals surface area (Å²) in [6.45, 7) is 2.42. The van der Waals surface area contributed by atoms with Crippen LogP contribution in [-0.2, 0) is 0 Å². The Morgan fingerprint density at radius 2 is 2.50 bits per heavy atom. The van der Waals surface area contributed by atoms with Crippen molar-refractivity contribution in [2.24, 2.45) is 0 Å². The molecular weight excluding hydrogens is 268 g/mol. The molecule has 1 saturated heterocycles. The van der Waals surface area contributed by atoms with E-state index in [4.69, 9.17) is 0 Å². The molecule has 6 heteroatoms. The standard InChI is InChI=1S/C8H11BrN2O2S/c1-6-5-8-7(9)3-2-4-10(8)14-11(6,12)13/h2-3,6,12H,4-5H2,1H3. The molecule has 0 aromatic heterocycles. The number of hydrogen-bond acceptors (Lipinski definition) is 4. The molecule has 0 aromatic rings. The Morgan fingerprint density at radius 3 is 3.21 bits per heavy atom. The van der Waals surface area contributed by atoms with Crippen LogP contribution in [0.5, 0.6) is 0 Å². The lowest BCUT2D eigenvalue weighted by Crippen LogP contribution is -2.48. The number of hydrogen-bond donors (Lipinski definition) is 1. The molecule has 78 valence electrons. The van der Waals surface area contributed by atoms with E-state index in [1.807, 2.05) is 16.5 Å². The average Bonchev–Trinajstić information content (AvgIpc) is 2.08. The van der Waals surface area contributed by atoms with Crippen molar-refractivity contribution in [1.29, 1.82) is 0 Å². The Bertz CT molecular complexity index is 316. The van der Waals surface area contributed by atoms with Gasteiger partial charge in [-0.15, -0.1) is 4.21 Å². The molecule has 0 bridgehead atoms. The minimum Gasteiger partial charge on any atom is -0.585 e. The minimum absolute atomic E-state index is 0.328. The summed E-state index contributed by atoms with van der Waals surface area (Å²) >= 11 is 4.36. The lowest BCUT2D eigenvalue weighted by atomic mass is 10.1. The Morgan fingerprint density at radius 1 is 1.79 bits per heavy atom. The molecule has 2 rings (SSSR count). The first-order chi connectivity index (χ1) is 6.50. The van der Waals surface area contributed by atoms with Gasteiger partial charge in [0.25, 0.3) is 0 Å². The molecule has 0 radical (unpaired) electrons. The minimum atomic E-state index is -1.24. The molecule has 0 spiro atoms. The van der Waals surface area contributed by atoms with Crippen LogP contribution in [0.1, 0.15) is 13.3 Å². The lowest BCUT2D eigenvalue weighted by Gasteiger charge is -2.45. The molecule has 0 saturated carbocycles. The van der Waals surface area contributed by atoms with Gasteiger partial charge in [-0.3, -0.25) is 4.31 Å². The van der Waals surface area contributed by atoms with Crippen molar-refractivity contribution in [2.45, 2.75) is 19.4 Å². The van der Waals surface area contributed by atoms with Crippen LogP contribution in [0.3, 0.4) is 0 Å². The summed E-state index contributed by atoms with van der Waals surface area (Å²) in [5.74, 6) is 0. The van der Waals surface area contributed by atoms with E-state index in [0.717, 1.165) is 22.3 Å². The number of halogens is 1. The number of nitrogens with zero attached hydrogens (tertiary/aromatic N) is 2. The van der Waals surface area contributed by atoms with Crippen molar-refractivity contribution in [3.05, 3.63) is 27.5 Å². The highest BCUT2D eigenvalue weighted by molar-refractivity contribution is 9.11. The molecule has 2 aliphatic rings. The lowest BCUT2D eigenvalue weighted by molar-refractivity contribution is -0.973. The van der Waals surface area contributed by atoms with Gasteiger partial charge in [0, 0.05) is 16.6 Å². The predicted molar refractivity (Wildman–Crippen MR) is 58.9 cm³/mol.